The molecule has 0 aliphatic carbocycles. The number of nitrogens with one attached hydrogen (secondary N) is 2. The standard InChI is InChI=1S/C15H20N6O4/c1-11-14(15(22)17-7-6-16-8-9-25-2)18-19-20(11)12-4-3-5-13(10-12)21(23)24/h3-5,10,16H,6-9H2,1-2H3,(H,17,22). The largest absolute Gasteiger partial charge is 0.383 e. The molecule has 2 aromatic rings. The van der Waals surface area contributed by atoms with Crippen molar-refractivity contribution in [3.63, 3.8) is 0 Å². The molecule has 134 valence electrons. The maximum absolute atomic E-state index is 12.2. The van der Waals surface area contributed by atoms with Crippen molar-refractivity contribution in [3.05, 3.63) is 45.8 Å². The van der Waals surface area contributed by atoms with E-state index in [2.05, 4.69) is 20.9 Å². The lowest BCUT2D eigenvalue weighted by Gasteiger charge is -2.06. The van der Waals surface area contributed by atoms with Gasteiger partial charge < -0.3 is 15.4 Å². The summed E-state index contributed by atoms with van der Waals surface area (Å²) in [6.07, 6.45) is 0. The van der Waals surface area contributed by atoms with Gasteiger partial charge in [0.15, 0.2) is 5.69 Å². The summed E-state index contributed by atoms with van der Waals surface area (Å²) in [5.74, 6) is -0.345. The minimum atomic E-state index is -0.486. The SMILES string of the molecule is COCCNCCNC(=O)c1nnn(-c2cccc([N+](=O)[O-])c2)c1C. The zero-order chi connectivity index (χ0) is 18.2. The van der Waals surface area contributed by atoms with Crippen LogP contribution in [0.1, 0.15) is 16.2 Å². The van der Waals surface area contributed by atoms with E-state index in [0.29, 0.717) is 37.6 Å². The van der Waals surface area contributed by atoms with Crippen LogP contribution < -0.4 is 10.6 Å². The summed E-state index contributed by atoms with van der Waals surface area (Å²) in [4.78, 5) is 22.6. The first-order valence-electron chi connectivity index (χ1n) is 7.69. The second-order valence-corrected chi connectivity index (χ2v) is 5.21. The minimum Gasteiger partial charge on any atom is -0.383 e. The fourth-order valence-electron chi connectivity index (χ4n) is 2.17. The maximum atomic E-state index is 12.2. The summed E-state index contributed by atoms with van der Waals surface area (Å²) in [6, 6.07) is 5.99. The molecule has 2 N–H and O–H groups in total. The molecule has 2 rings (SSSR count). The predicted octanol–water partition coefficient (Wildman–Crippen LogP) is 0.450. The number of hydrogen-bond donors (Lipinski definition) is 2. The highest BCUT2D eigenvalue weighted by Crippen LogP contribution is 2.18. The van der Waals surface area contributed by atoms with Gasteiger partial charge in [0.1, 0.15) is 0 Å². The molecule has 0 saturated heterocycles. The molecule has 0 aliphatic heterocycles. The van der Waals surface area contributed by atoms with Crippen molar-refractivity contribution in [2.75, 3.05) is 33.4 Å². The molecule has 0 saturated carbocycles. The van der Waals surface area contributed by atoms with Crippen molar-refractivity contribution in [1.82, 2.24) is 25.6 Å². The molecule has 25 heavy (non-hydrogen) atoms. The van der Waals surface area contributed by atoms with E-state index in [1.54, 1.807) is 26.2 Å². The number of nitro groups is 1. The Balaban J connectivity index is 2.01. The number of carbonyl (C=O) groups is 1. The lowest BCUT2D eigenvalue weighted by atomic mass is 10.2. The number of methoxy groups -OCH3 is 1. The Bertz CT molecular complexity index is 745. The minimum absolute atomic E-state index is 0.0551. The van der Waals surface area contributed by atoms with Gasteiger partial charge >= 0.3 is 0 Å². The van der Waals surface area contributed by atoms with Crippen LogP contribution in [0, 0.1) is 17.0 Å². The molecule has 0 atom stereocenters. The highest BCUT2D eigenvalue weighted by atomic mass is 16.6. The van der Waals surface area contributed by atoms with Gasteiger partial charge in [-0.1, -0.05) is 11.3 Å². The molecule has 1 aromatic heterocycles. The van der Waals surface area contributed by atoms with E-state index in [-0.39, 0.29) is 17.3 Å². The first kappa shape index (κ1) is 18.5. The molecule has 1 aromatic carbocycles. The van der Waals surface area contributed by atoms with Gasteiger partial charge in [0.25, 0.3) is 11.6 Å². The summed E-state index contributed by atoms with van der Waals surface area (Å²) in [5.41, 5.74) is 1.11. The highest BCUT2D eigenvalue weighted by Gasteiger charge is 2.18. The van der Waals surface area contributed by atoms with E-state index in [4.69, 9.17) is 4.74 Å². The van der Waals surface area contributed by atoms with Crippen molar-refractivity contribution < 1.29 is 14.5 Å². The summed E-state index contributed by atoms with van der Waals surface area (Å²) in [5, 5.41) is 24.5. The van der Waals surface area contributed by atoms with Gasteiger partial charge in [-0.05, 0) is 13.0 Å². The fraction of sp³-hybridized carbons (Fsp3) is 0.400. The number of aromatic nitrogens is 3. The Morgan fingerprint density at radius 3 is 2.88 bits per heavy atom. The Kier molecular flexibility index (Phi) is 6.54. The van der Waals surface area contributed by atoms with E-state index in [9.17, 15) is 14.9 Å². The fourth-order valence-corrected chi connectivity index (χ4v) is 2.17. The van der Waals surface area contributed by atoms with Gasteiger partial charge in [-0.25, -0.2) is 4.68 Å². The Morgan fingerprint density at radius 1 is 1.36 bits per heavy atom. The van der Waals surface area contributed by atoms with Crippen LogP contribution in [-0.4, -0.2) is 59.2 Å². The Labute approximate surface area is 144 Å². The van der Waals surface area contributed by atoms with Crippen molar-refractivity contribution >= 4 is 11.6 Å². The quantitative estimate of drug-likeness (QED) is 0.383. The number of nitro benzene ring substituents is 1. The van der Waals surface area contributed by atoms with Gasteiger partial charge in [-0.2, -0.15) is 0 Å². The lowest BCUT2D eigenvalue weighted by molar-refractivity contribution is -0.384. The van der Waals surface area contributed by atoms with Crippen LogP contribution in [0.4, 0.5) is 5.69 Å². The number of ether oxygens (including phenoxy) is 1. The van der Waals surface area contributed by atoms with Crippen LogP contribution in [0.3, 0.4) is 0 Å². The number of nitrogens with zero attached hydrogens (tertiary/aromatic N) is 4. The number of benzene rings is 1. The number of hydrogen-bond acceptors (Lipinski definition) is 7. The third kappa shape index (κ3) is 4.81. The number of amides is 1. The van der Waals surface area contributed by atoms with Crippen molar-refractivity contribution in [3.8, 4) is 5.69 Å². The van der Waals surface area contributed by atoms with E-state index in [1.165, 1.54) is 16.8 Å². The monoisotopic (exact) mass is 348 g/mol. The normalized spacial score (nSPS) is 10.6. The molecule has 1 heterocycles. The molecular formula is C15H20N6O4. The average Bonchev–Trinajstić information content (AvgIpc) is 2.99. The van der Waals surface area contributed by atoms with Gasteiger partial charge in [-0.3, -0.25) is 14.9 Å². The molecule has 1 amide bonds. The van der Waals surface area contributed by atoms with Crippen molar-refractivity contribution in [2.24, 2.45) is 0 Å². The lowest BCUT2D eigenvalue weighted by Crippen LogP contribution is -2.33. The van der Waals surface area contributed by atoms with Crippen molar-refractivity contribution in [2.45, 2.75) is 6.92 Å². The van der Waals surface area contributed by atoms with E-state index in [1.807, 2.05) is 0 Å². The van der Waals surface area contributed by atoms with Gasteiger partial charge in [0, 0.05) is 38.9 Å². The molecule has 0 radical (unpaired) electrons. The van der Waals surface area contributed by atoms with Crippen LogP contribution in [-0.2, 0) is 4.74 Å². The second kappa shape index (κ2) is 8.85. The molecule has 0 unspecified atom stereocenters. The smallest absolute Gasteiger partial charge is 0.273 e. The third-order valence-electron chi connectivity index (χ3n) is 3.47. The summed E-state index contributed by atoms with van der Waals surface area (Å²) in [7, 11) is 1.62. The summed E-state index contributed by atoms with van der Waals surface area (Å²) in [6.45, 7) is 4.03. The molecule has 10 heteroatoms. The summed E-state index contributed by atoms with van der Waals surface area (Å²) >= 11 is 0. The Hall–Kier alpha value is -2.85. The number of rotatable bonds is 9. The van der Waals surface area contributed by atoms with Crippen LogP contribution in [0.15, 0.2) is 24.3 Å². The molecule has 0 bridgehead atoms. The van der Waals surface area contributed by atoms with Crippen LogP contribution in [0.2, 0.25) is 0 Å². The first-order valence-corrected chi connectivity index (χ1v) is 7.69. The van der Waals surface area contributed by atoms with E-state index < -0.39 is 4.92 Å². The highest BCUT2D eigenvalue weighted by molar-refractivity contribution is 5.93. The molecular weight excluding hydrogens is 328 g/mol. The molecule has 0 spiro atoms. The third-order valence-corrected chi connectivity index (χ3v) is 3.47. The topological polar surface area (TPSA) is 124 Å². The molecule has 0 aliphatic rings. The molecule has 10 nitrogen and oxygen atoms in total. The second-order valence-electron chi connectivity index (χ2n) is 5.21. The first-order chi connectivity index (χ1) is 12.0. The van der Waals surface area contributed by atoms with Gasteiger partial charge in [0.2, 0.25) is 0 Å². The average molecular weight is 348 g/mol. The maximum Gasteiger partial charge on any atom is 0.273 e. The van der Waals surface area contributed by atoms with Gasteiger partial charge in [0.05, 0.1) is 22.9 Å². The zero-order valence-corrected chi connectivity index (χ0v) is 14.1. The zero-order valence-electron chi connectivity index (χ0n) is 14.1. The van der Waals surface area contributed by atoms with E-state index >= 15 is 0 Å². The van der Waals surface area contributed by atoms with Crippen molar-refractivity contribution in [1.29, 1.82) is 0 Å². The Morgan fingerprint density at radius 2 is 2.16 bits per heavy atom. The molecule has 0 fully saturated rings. The van der Waals surface area contributed by atoms with Gasteiger partial charge in [-0.15, -0.1) is 5.10 Å². The predicted molar refractivity (Wildman–Crippen MR) is 89.8 cm³/mol. The van der Waals surface area contributed by atoms with Crippen LogP contribution >= 0.6 is 0 Å². The van der Waals surface area contributed by atoms with Crippen LogP contribution in [0.5, 0.6) is 0 Å². The number of non-ortho nitro benzene ring substituents is 1. The number of carbonyl (C=O) groups excluding carboxylic acids is 1. The van der Waals surface area contributed by atoms with Crippen LogP contribution in [0.25, 0.3) is 5.69 Å². The van der Waals surface area contributed by atoms with E-state index in [0.717, 1.165) is 0 Å². The summed E-state index contributed by atoms with van der Waals surface area (Å²) < 4.78 is 6.31.